The number of urea groups is 1. The molecule has 0 rings (SSSR count). The molecule has 88 valence electrons. The molecule has 0 bridgehead atoms. The van der Waals surface area contributed by atoms with Crippen LogP contribution in [0.15, 0.2) is 0 Å². The number of carbonyl (C=O) groups excluding carboxylic acids is 2. The minimum absolute atomic E-state index is 0.0355. The molecule has 3 amide bonds. The van der Waals surface area contributed by atoms with Gasteiger partial charge in [-0.1, -0.05) is 6.92 Å². The lowest BCUT2D eigenvalue weighted by molar-refractivity contribution is -0.119. The number of hydrogen-bond donors (Lipinski definition) is 2. The summed E-state index contributed by atoms with van der Waals surface area (Å²) in [7, 11) is 0. The first-order valence-electron chi connectivity index (χ1n) is 4.80. The predicted octanol–water partition coefficient (Wildman–Crippen LogP) is 1.58. The number of hydrogen-bond acceptors (Lipinski definition) is 3. The maximum Gasteiger partial charge on any atom is 0.321 e. The lowest BCUT2D eigenvalue weighted by Gasteiger charge is -2.13. The molecule has 0 radical (unpaired) electrons. The van der Waals surface area contributed by atoms with E-state index in [9.17, 15) is 9.59 Å². The molecule has 0 fully saturated rings. The molecule has 0 aromatic rings. The average Bonchev–Trinajstić information content (AvgIpc) is 2.14. The van der Waals surface area contributed by atoms with Gasteiger partial charge in [-0.25, -0.2) is 4.79 Å². The van der Waals surface area contributed by atoms with Gasteiger partial charge in [0.2, 0.25) is 5.91 Å². The molecule has 2 N–H and O–H groups in total. The second-order valence-corrected chi connectivity index (χ2v) is 5.11. The van der Waals surface area contributed by atoms with Crippen molar-refractivity contribution >= 4 is 35.3 Å². The second kappa shape index (κ2) is 7.82. The van der Waals surface area contributed by atoms with Crippen molar-refractivity contribution in [3.05, 3.63) is 0 Å². The molecule has 0 spiro atoms. The summed E-state index contributed by atoms with van der Waals surface area (Å²) in [6, 6.07) is -0.454. The van der Waals surface area contributed by atoms with Crippen molar-refractivity contribution < 1.29 is 9.59 Å². The highest BCUT2D eigenvalue weighted by atomic mass is 35.5. The lowest BCUT2D eigenvalue weighted by atomic mass is 10.4. The molecule has 2 unspecified atom stereocenters. The maximum absolute atomic E-state index is 11.2. The van der Waals surface area contributed by atoms with Gasteiger partial charge in [0.05, 0.1) is 0 Å². The minimum atomic E-state index is -0.698. The van der Waals surface area contributed by atoms with Crippen LogP contribution in [0.4, 0.5) is 4.79 Å². The Bertz CT molecular complexity index is 224. The van der Waals surface area contributed by atoms with Crippen molar-refractivity contribution in [3.8, 4) is 0 Å². The quantitative estimate of drug-likeness (QED) is 0.731. The smallest absolute Gasteiger partial charge is 0.321 e. The van der Waals surface area contributed by atoms with Crippen molar-refractivity contribution in [3.63, 3.8) is 0 Å². The maximum atomic E-state index is 11.2. The van der Waals surface area contributed by atoms with Crippen molar-refractivity contribution in [1.29, 1.82) is 0 Å². The van der Waals surface area contributed by atoms with Gasteiger partial charge in [0.1, 0.15) is 5.38 Å². The van der Waals surface area contributed by atoms with Gasteiger partial charge >= 0.3 is 6.03 Å². The SMILES string of the molecule is CCSCC(C)NC(=O)NC(=O)C(C)Cl. The zero-order valence-electron chi connectivity index (χ0n) is 9.17. The normalized spacial score (nSPS) is 14.1. The summed E-state index contributed by atoms with van der Waals surface area (Å²) in [6.07, 6.45) is 0. The second-order valence-electron chi connectivity index (χ2n) is 3.14. The summed E-state index contributed by atoms with van der Waals surface area (Å²) >= 11 is 7.23. The number of rotatable bonds is 5. The zero-order valence-corrected chi connectivity index (χ0v) is 10.7. The number of carbonyl (C=O) groups is 2. The van der Waals surface area contributed by atoms with Gasteiger partial charge in [-0.15, -0.1) is 11.6 Å². The van der Waals surface area contributed by atoms with E-state index in [1.165, 1.54) is 6.92 Å². The Labute approximate surface area is 99.5 Å². The summed E-state index contributed by atoms with van der Waals surface area (Å²) in [4.78, 5) is 22.3. The monoisotopic (exact) mass is 252 g/mol. The Morgan fingerprint density at radius 1 is 1.40 bits per heavy atom. The van der Waals surface area contributed by atoms with E-state index in [1.807, 2.05) is 6.92 Å². The Balaban J connectivity index is 3.78. The number of thioether (sulfide) groups is 1. The first-order chi connectivity index (χ1) is 6.97. The van der Waals surface area contributed by atoms with E-state index < -0.39 is 17.3 Å². The standard InChI is InChI=1S/C9H17ClN2O2S/c1-4-15-5-6(2)11-9(14)12-8(13)7(3)10/h6-7H,4-5H2,1-3H3,(H2,11,12,13,14). The highest BCUT2D eigenvalue weighted by Gasteiger charge is 2.14. The summed E-state index contributed by atoms with van der Waals surface area (Å²) in [5.74, 6) is 1.35. The average molecular weight is 253 g/mol. The third kappa shape index (κ3) is 7.50. The number of alkyl halides is 1. The summed E-state index contributed by atoms with van der Waals surface area (Å²) in [5, 5.41) is 4.11. The van der Waals surface area contributed by atoms with Crippen molar-refractivity contribution in [1.82, 2.24) is 10.6 Å². The van der Waals surface area contributed by atoms with E-state index in [-0.39, 0.29) is 6.04 Å². The fourth-order valence-corrected chi connectivity index (χ4v) is 1.53. The van der Waals surface area contributed by atoms with Gasteiger partial charge in [-0.3, -0.25) is 10.1 Å². The molecule has 0 saturated carbocycles. The fraction of sp³-hybridized carbons (Fsp3) is 0.778. The molecule has 0 heterocycles. The fourth-order valence-electron chi connectivity index (χ4n) is 0.808. The van der Waals surface area contributed by atoms with Crippen molar-refractivity contribution in [2.24, 2.45) is 0 Å². The number of imide groups is 1. The Hall–Kier alpha value is -0.420. The summed E-state index contributed by atoms with van der Waals surface area (Å²) < 4.78 is 0. The van der Waals surface area contributed by atoms with Gasteiger partial charge in [0.15, 0.2) is 0 Å². The van der Waals surface area contributed by atoms with E-state index in [0.29, 0.717) is 0 Å². The molecular weight excluding hydrogens is 236 g/mol. The molecule has 0 saturated heterocycles. The Kier molecular flexibility index (Phi) is 7.60. The molecule has 0 aromatic carbocycles. The molecule has 0 aliphatic rings. The molecule has 2 atom stereocenters. The number of amides is 3. The van der Waals surface area contributed by atoms with E-state index in [2.05, 4.69) is 17.6 Å². The largest absolute Gasteiger partial charge is 0.335 e. The van der Waals surface area contributed by atoms with Crippen LogP contribution in [0.1, 0.15) is 20.8 Å². The highest BCUT2D eigenvalue weighted by molar-refractivity contribution is 7.99. The predicted molar refractivity (Wildman–Crippen MR) is 64.5 cm³/mol. The molecule has 6 heteroatoms. The van der Waals surface area contributed by atoms with Crippen LogP contribution in [0.25, 0.3) is 0 Å². The van der Waals surface area contributed by atoms with Gasteiger partial charge in [0.25, 0.3) is 0 Å². The molecular formula is C9H17ClN2O2S. The zero-order chi connectivity index (χ0) is 11.8. The van der Waals surface area contributed by atoms with Crippen LogP contribution in [0.2, 0.25) is 0 Å². The van der Waals surface area contributed by atoms with Crippen LogP contribution >= 0.6 is 23.4 Å². The third-order valence-corrected chi connectivity index (χ3v) is 2.89. The Morgan fingerprint density at radius 2 is 2.00 bits per heavy atom. The molecule has 0 aromatic heterocycles. The number of halogens is 1. The molecule has 4 nitrogen and oxygen atoms in total. The third-order valence-electron chi connectivity index (χ3n) is 1.55. The first-order valence-corrected chi connectivity index (χ1v) is 6.39. The van der Waals surface area contributed by atoms with E-state index in [1.54, 1.807) is 11.8 Å². The van der Waals surface area contributed by atoms with Crippen LogP contribution in [-0.4, -0.2) is 34.9 Å². The minimum Gasteiger partial charge on any atom is -0.335 e. The highest BCUT2D eigenvalue weighted by Crippen LogP contribution is 2.01. The van der Waals surface area contributed by atoms with Crippen LogP contribution in [0.3, 0.4) is 0 Å². The van der Waals surface area contributed by atoms with E-state index >= 15 is 0 Å². The lowest BCUT2D eigenvalue weighted by Crippen LogP contribution is -2.46. The summed E-state index contributed by atoms with van der Waals surface area (Å²) in [5.41, 5.74) is 0. The van der Waals surface area contributed by atoms with E-state index in [4.69, 9.17) is 11.6 Å². The van der Waals surface area contributed by atoms with Gasteiger partial charge < -0.3 is 5.32 Å². The van der Waals surface area contributed by atoms with Crippen molar-refractivity contribution in [2.75, 3.05) is 11.5 Å². The van der Waals surface area contributed by atoms with E-state index in [0.717, 1.165) is 11.5 Å². The molecule has 15 heavy (non-hydrogen) atoms. The first kappa shape index (κ1) is 14.6. The van der Waals surface area contributed by atoms with Crippen LogP contribution in [-0.2, 0) is 4.79 Å². The molecule has 0 aliphatic heterocycles. The van der Waals surface area contributed by atoms with Crippen LogP contribution in [0, 0.1) is 0 Å². The topological polar surface area (TPSA) is 58.2 Å². The summed E-state index contributed by atoms with van der Waals surface area (Å²) in [6.45, 7) is 5.45. The Morgan fingerprint density at radius 3 is 2.47 bits per heavy atom. The molecule has 0 aliphatic carbocycles. The van der Waals surface area contributed by atoms with Gasteiger partial charge in [0, 0.05) is 11.8 Å². The van der Waals surface area contributed by atoms with Crippen LogP contribution in [0.5, 0.6) is 0 Å². The van der Waals surface area contributed by atoms with Gasteiger partial charge in [-0.2, -0.15) is 11.8 Å². The number of nitrogens with one attached hydrogen (secondary N) is 2. The van der Waals surface area contributed by atoms with Gasteiger partial charge in [-0.05, 0) is 19.6 Å². The van der Waals surface area contributed by atoms with Crippen LogP contribution < -0.4 is 10.6 Å². The van der Waals surface area contributed by atoms with Crippen molar-refractivity contribution in [2.45, 2.75) is 32.2 Å².